The zero-order valence-electron chi connectivity index (χ0n) is 10.8. The van der Waals surface area contributed by atoms with Crippen molar-refractivity contribution in [2.24, 2.45) is 0 Å². The Morgan fingerprint density at radius 1 is 1.07 bits per heavy atom. The minimum Gasteiger partial charge on any atom is -0.161 e. The predicted octanol–water partition coefficient (Wildman–Crippen LogP) is 4.46. The molecule has 0 aliphatic carbocycles. The normalized spacial score (nSPS) is 11.9. The quantitative estimate of drug-likeness (QED) is 0.711. The summed E-state index contributed by atoms with van der Waals surface area (Å²) in [5, 5.41) is 0. The Balaban J connectivity index is 3.19. The van der Waals surface area contributed by atoms with Gasteiger partial charge in [-0.1, -0.05) is 32.9 Å². The van der Waals surface area contributed by atoms with Crippen LogP contribution >= 0.6 is 11.8 Å². The van der Waals surface area contributed by atoms with Crippen molar-refractivity contribution in [2.75, 3.05) is 6.26 Å². The van der Waals surface area contributed by atoms with E-state index in [2.05, 4.69) is 53.0 Å². The van der Waals surface area contributed by atoms with Gasteiger partial charge in [0.1, 0.15) is 0 Å². The van der Waals surface area contributed by atoms with E-state index in [1.54, 1.807) is 0 Å². The zero-order valence-corrected chi connectivity index (χ0v) is 11.6. The van der Waals surface area contributed by atoms with Gasteiger partial charge in [0.15, 0.2) is 0 Å². The van der Waals surface area contributed by atoms with Gasteiger partial charge >= 0.3 is 0 Å². The highest BCUT2D eigenvalue weighted by Crippen LogP contribution is 2.28. The van der Waals surface area contributed by atoms with E-state index in [0.717, 1.165) is 5.75 Å². The van der Waals surface area contributed by atoms with E-state index >= 15 is 0 Å². The third-order valence-electron chi connectivity index (χ3n) is 2.85. The molecule has 1 aromatic rings. The first-order valence-corrected chi connectivity index (χ1v) is 6.85. The molecular formula is C14H22S. The van der Waals surface area contributed by atoms with Gasteiger partial charge in [0, 0.05) is 5.75 Å². The van der Waals surface area contributed by atoms with E-state index in [4.69, 9.17) is 0 Å². The Labute approximate surface area is 98.5 Å². The van der Waals surface area contributed by atoms with Crippen LogP contribution in [0.5, 0.6) is 0 Å². The molecule has 1 heteroatoms. The molecule has 0 aliphatic heterocycles. The molecule has 0 saturated carbocycles. The average molecular weight is 222 g/mol. The molecule has 0 fully saturated rings. The lowest BCUT2D eigenvalue weighted by atomic mass is 9.84. The third kappa shape index (κ3) is 3.01. The summed E-state index contributed by atoms with van der Waals surface area (Å²) in [6.45, 7) is 11.3. The Bertz CT molecular complexity index is 322. The van der Waals surface area contributed by atoms with Crippen LogP contribution in [0.15, 0.2) is 12.1 Å². The molecule has 84 valence electrons. The lowest BCUT2D eigenvalue weighted by Gasteiger charge is -2.22. The van der Waals surface area contributed by atoms with Crippen LogP contribution in [0.2, 0.25) is 0 Å². The number of aryl methyl sites for hydroxylation is 2. The van der Waals surface area contributed by atoms with Crippen LogP contribution in [0.1, 0.15) is 43.0 Å². The molecular weight excluding hydrogens is 200 g/mol. The molecule has 0 bridgehead atoms. The molecule has 0 amide bonds. The fourth-order valence-electron chi connectivity index (χ4n) is 1.80. The summed E-state index contributed by atoms with van der Waals surface area (Å²) in [6, 6.07) is 4.69. The third-order valence-corrected chi connectivity index (χ3v) is 3.43. The van der Waals surface area contributed by atoms with Gasteiger partial charge in [-0.2, -0.15) is 11.8 Å². The van der Waals surface area contributed by atoms with Gasteiger partial charge < -0.3 is 0 Å². The molecule has 0 aromatic heterocycles. The maximum absolute atomic E-state index is 2.35. The molecule has 15 heavy (non-hydrogen) atoms. The summed E-state index contributed by atoms with van der Waals surface area (Å²) < 4.78 is 0. The zero-order chi connectivity index (χ0) is 11.6. The highest BCUT2D eigenvalue weighted by molar-refractivity contribution is 7.97. The van der Waals surface area contributed by atoms with Crippen LogP contribution in [0.3, 0.4) is 0 Å². The number of hydrogen-bond acceptors (Lipinski definition) is 1. The van der Waals surface area contributed by atoms with E-state index in [9.17, 15) is 0 Å². The fraction of sp³-hybridized carbons (Fsp3) is 0.571. The van der Waals surface area contributed by atoms with Crippen molar-refractivity contribution in [1.82, 2.24) is 0 Å². The van der Waals surface area contributed by atoms with Crippen LogP contribution in [-0.4, -0.2) is 6.26 Å². The van der Waals surface area contributed by atoms with Crippen LogP contribution in [0, 0.1) is 13.8 Å². The summed E-state index contributed by atoms with van der Waals surface area (Å²) >= 11 is 1.90. The van der Waals surface area contributed by atoms with E-state index in [-0.39, 0.29) is 5.41 Å². The molecule has 0 spiro atoms. The molecule has 1 aromatic carbocycles. The second-order valence-corrected chi connectivity index (χ2v) is 6.14. The SMILES string of the molecule is CSCc1c(C)cc(C(C)(C)C)cc1C. The second kappa shape index (κ2) is 4.61. The van der Waals surface area contributed by atoms with Crippen LogP contribution in [0.4, 0.5) is 0 Å². The number of hydrogen-bond donors (Lipinski definition) is 0. The number of thioether (sulfide) groups is 1. The fourth-order valence-corrected chi connectivity index (χ4v) is 2.54. The predicted molar refractivity (Wildman–Crippen MR) is 71.8 cm³/mol. The Morgan fingerprint density at radius 2 is 1.53 bits per heavy atom. The number of rotatable bonds is 2. The molecule has 0 unspecified atom stereocenters. The minimum absolute atomic E-state index is 0.257. The second-order valence-electron chi connectivity index (χ2n) is 5.27. The van der Waals surface area contributed by atoms with Gasteiger partial charge in [0.2, 0.25) is 0 Å². The topological polar surface area (TPSA) is 0 Å². The Morgan fingerprint density at radius 3 is 1.87 bits per heavy atom. The van der Waals surface area contributed by atoms with Crippen molar-refractivity contribution in [3.63, 3.8) is 0 Å². The van der Waals surface area contributed by atoms with Gasteiger partial charge in [0.05, 0.1) is 0 Å². The summed E-state index contributed by atoms with van der Waals surface area (Å²) in [7, 11) is 0. The molecule has 0 aliphatic rings. The van der Waals surface area contributed by atoms with E-state index in [0.29, 0.717) is 0 Å². The van der Waals surface area contributed by atoms with Crippen molar-refractivity contribution in [2.45, 2.75) is 45.8 Å². The molecule has 0 atom stereocenters. The monoisotopic (exact) mass is 222 g/mol. The average Bonchev–Trinajstić information content (AvgIpc) is 2.09. The molecule has 0 nitrogen and oxygen atoms in total. The number of benzene rings is 1. The van der Waals surface area contributed by atoms with Gasteiger partial charge in [-0.25, -0.2) is 0 Å². The van der Waals surface area contributed by atoms with Crippen molar-refractivity contribution in [3.8, 4) is 0 Å². The molecule has 0 N–H and O–H groups in total. The standard InChI is InChI=1S/C14H22S/c1-10-7-12(14(3,4)5)8-11(2)13(10)9-15-6/h7-8H,9H2,1-6H3. The Kier molecular flexibility index (Phi) is 3.88. The summed E-state index contributed by atoms with van der Waals surface area (Å²) in [5.74, 6) is 1.13. The highest BCUT2D eigenvalue weighted by Gasteiger charge is 2.15. The highest BCUT2D eigenvalue weighted by atomic mass is 32.2. The summed E-state index contributed by atoms with van der Waals surface area (Å²) in [4.78, 5) is 0. The lowest BCUT2D eigenvalue weighted by Crippen LogP contribution is -2.12. The van der Waals surface area contributed by atoms with E-state index in [1.165, 1.54) is 22.3 Å². The first-order valence-electron chi connectivity index (χ1n) is 5.46. The van der Waals surface area contributed by atoms with E-state index < -0.39 is 0 Å². The molecule has 0 saturated heterocycles. The van der Waals surface area contributed by atoms with Gasteiger partial charge in [-0.05, 0) is 47.8 Å². The van der Waals surface area contributed by atoms with E-state index in [1.807, 2.05) is 11.8 Å². The molecule has 0 heterocycles. The summed E-state index contributed by atoms with van der Waals surface area (Å²) in [6.07, 6.45) is 2.16. The maximum atomic E-state index is 2.35. The maximum Gasteiger partial charge on any atom is 0.0187 e. The lowest BCUT2D eigenvalue weighted by molar-refractivity contribution is 0.589. The smallest absolute Gasteiger partial charge is 0.0187 e. The largest absolute Gasteiger partial charge is 0.161 e. The Hall–Kier alpha value is -0.430. The summed E-state index contributed by atoms with van der Waals surface area (Å²) in [5.41, 5.74) is 6.09. The van der Waals surface area contributed by atoms with Crippen molar-refractivity contribution >= 4 is 11.8 Å². The van der Waals surface area contributed by atoms with Crippen LogP contribution in [0.25, 0.3) is 0 Å². The molecule has 1 rings (SSSR count). The first-order chi connectivity index (χ1) is 6.86. The van der Waals surface area contributed by atoms with Crippen molar-refractivity contribution < 1.29 is 0 Å². The van der Waals surface area contributed by atoms with Gasteiger partial charge in [-0.15, -0.1) is 0 Å². The first kappa shape index (κ1) is 12.6. The van der Waals surface area contributed by atoms with Crippen molar-refractivity contribution in [3.05, 3.63) is 34.4 Å². The minimum atomic E-state index is 0.257. The molecule has 0 radical (unpaired) electrons. The van der Waals surface area contributed by atoms with Gasteiger partial charge in [0.25, 0.3) is 0 Å². The van der Waals surface area contributed by atoms with Gasteiger partial charge in [-0.3, -0.25) is 0 Å². The van der Waals surface area contributed by atoms with Crippen LogP contribution < -0.4 is 0 Å². The van der Waals surface area contributed by atoms with Crippen LogP contribution in [-0.2, 0) is 11.2 Å². The van der Waals surface area contributed by atoms with Crippen molar-refractivity contribution in [1.29, 1.82) is 0 Å².